The van der Waals surface area contributed by atoms with Crippen molar-refractivity contribution in [2.75, 3.05) is 33.5 Å². The smallest absolute Gasteiger partial charge is 0.234 e. The van der Waals surface area contributed by atoms with Crippen LogP contribution in [0.25, 0.3) is 0 Å². The summed E-state index contributed by atoms with van der Waals surface area (Å²) in [5, 5.41) is 11.2. The Balaban J connectivity index is 1.85. The van der Waals surface area contributed by atoms with Gasteiger partial charge in [-0.15, -0.1) is 0 Å². The Hall–Kier alpha value is -3.40. The average molecular weight is 398 g/mol. The minimum atomic E-state index is -0.270. The van der Waals surface area contributed by atoms with Crippen molar-refractivity contribution >= 4 is 5.91 Å². The Morgan fingerprint density at radius 2 is 1.83 bits per heavy atom. The molecule has 0 saturated heterocycles. The molecular weight excluding hydrogens is 372 g/mol. The summed E-state index contributed by atoms with van der Waals surface area (Å²) in [5.74, 6) is 2.47. The Bertz CT molecular complexity index is 832. The van der Waals surface area contributed by atoms with Gasteiger partial charge in [-0.05, 0) is 43.2 Å². The molecule has 2 rings (SSSR count). The van der Waals surface area contributed by atoms with Crippen LogP contribution in [0.1, 0.15) is 18.9 Å². The van der Waals surface area contributed by atoms with Crippen molar-refractivity contribution < 1.29 is 23.7 Å². The fraction of sp³-hybridized carbons (Fsp3) is 0.364. The van der Waals surface area contributed by atoms with Gasteiger partial charge in [0, 0.05) is 12.6 Å². The van der Waals surface area contributed by atoms with Gasteiger partial charge in [0.2, 0.25) is 5.91 Å². The van der Waals surface area contributed by atoms with Crippen LogP contribution < -0.4 is 24.3 Å². The monoisotopic (exact) mass is 398 g/mol. The van der Waals surface area contributed by atoms with E-state index in [0.717, 1.165) is 11.3 Å². The molecule has 0 aliphatic rings. The van der Waals surface area contributed by atoms with Crippen LogP contribution in [0.2, 0.25) is 0 Å². The summed E-state index contributed by atoms with van der Waals surface area (Å²) in [5.41, 5.74) is 1.01. The Labute approximate surface area is 171 Å². The van der Waals surface area contributed by atoms with Gasteiger partial charge >= 0.3 is 0 Å². The molecule has 0 spiro atoms. The van der Waals surface area contributed by atoms with Gasteiger partial charge in [0.1, 0.15) is 31.1 Å². The first-order valence-corrected chi connectivity index (χ1v) is 9.45. The van der Waals surface area contributed by atoms with Gasteiger partial charge in [-0.25, -0.2) is 0 Å². The highest BCUT2D eigenvalue weighted by atomic mass is 16.5. The standard InChI is InChI=1S/C22H26N2O5/c1-3-27-21-15-17(10-12-24-22(25)9-11-23)7-8-20(21)29-14-13-28-19-6-4-5-18(16-19)26-2/h4-8,15-16H,3,9-10,12-14H2,1-2H3,(H,24,25). The quantitative estimate of drug-likeness (QED) is 0.553. The van der Waals surface area contributed by atoms with Gasteiger partial charge in [0.15, 0.2) is 11.5 Å². The van der Waals surface area contributed by atoms with Crippen molar-refractivity contribution in [3.8, 4) is 29.1 Å². The highest BCUT2D eigenvalue weighted by Gasteiger charge is 2.08. The lowest BCUT2D eigenvalue weighted by molar-refractivity contribution is -0.120. The third-order valence-electron chi connectivity index (χ3n) is 3.93. The van der Waals surface area contributed by atoms with Gasteiger partial charge in [0.05, 0.1) is 19.8 Å². The number of ether oxygens (including phenoxy) is 4. The van der Waals surface area contributed by atoms with E-state index >= 15 is 0 Å². The molecular formula is C22H26N2O5. The van der Waals surface area contributed by atoms with Gasteiger partial charge < -0.3 is 24.3 Å². The molecule has 1 N–H and O–H groups in total. The van der Waals surface area contributed by atoms with E-state index in [9.17, 15) is 4.79 Å². The van der Waals surface area contributed by atoms with E-state index in [4.69, 9.17) is 24.2 Å². The maximum atomic E-state index is 11.3. The number of benzene rings is 2. The molecule has 1 amide bonds. The zero-order chi connectivity index (χ0) is 20.9. The summed E-state index contributed by atoms with van der Waals surface area (Å²) in [7, 11) is 1.61. The minimum absolute atomic E-state index is 0.130. The molecule has 0 radical (unpaired) electrons. The zero-order valence-corrected chi connectivity index (χ0v) is 16.8. The lowest BCUT2D eigenvalue weighted by Gasteiger charge is -2.14. The van der Waals surface area contributed by atoms with Crippen molar-refractivity contribution in [1.82, 2.24) is 5.32 Å². The Kier molecular flexibility index (Phi) is 9.16. The molecule has 0 bridgehead atoms. The van der Waals surface area contributed by atoms with Crippen molar-refractivity contribution in [2.45, 2.75) is 19.8 Å². The highest BCUT2D eigenvalue weighted by molar-refractivity contribution is 5.77. The highest BCUT2D eigenvalue weighted by Crippen LogP contribution is 2.28. The first-order chi connectivity index (χ1) is 14.2. The summed E-state index contributed by atoms with van der Waals surface area (Å²) in [6.45, 7) is 3.62. The second-order valence-electron chi connectivity index (χ2n) is 6.02. The van der Waals surface area contributed by atoms with Crippen molar-refractivity contribution in [2.24, 2.45) is 0 Å². The Morgan fingerprint density at radius 1 is 1.03 bits per heavy atom. The molecule has 29 heavy (non-hydrogen) atoms. The van der Waals surface area contributed by atoms with E-state index in [2.05, 4.69) is 5.32 Å². The van der Waals surface area contributed by atoms with E-state index in [1.807, 2.05) is 55.5 Å². The van der Waals surface area contributed by atoms with Crippen LogP contribution in [-0.2, 0) is 11.2 Å². The van der Waals surface area contributed by atoms with Gasteiger partial charge in [-0.2, -0.15) is 5.26 Å². The summed E-state index contributed by atoms with van der Waals surface area (Å²) in [6, 6.07) is 14.9. The van der Waals surface area contributed by atoms with E-state index in [1.54, 1.807) is 7.11 Å². The van der Waals surface area contributed by atoms with E-state index in [0.29, 0.717) is 50.0 Å². The van der Waals surface area contributed by atoms with Crippen LogP contribution in [0.15, 0.2) is 42.5 Å². The number of nitrogens with one attached hydrogen (secondary N) is 1. The summed E-state index contributed by atoms with van der Waals surface area (Å²) in [6.07, 6.45) is 0.505. The maximum absolute atomic E-state index is 11.3. The van der Waals surface area contributed by atoms with Crippen LogP contribution in [0, 0.1) is 11.3 Å². The largest absolute Gasteiger partial charge is 0.497 e. The SMILES string of the molecule is CCOc1cc(CCNC(=O)CC#N)ccc1OCCOc1cccc(OC)c1. The predicted octanol–water partition coefficient (Wildman–Crippen LogP) is 3.12. The first-order valence-electron chi connectivity index (χ1n) is 9.45. The summed E-state index contributed by atoms with van der Waals surface area (Å²) in [4.78, 5) is 11.3. The molecule has 0 atom stereocenters. The normalized spacial score (nSPS) is 9.97. The zero-order valence-electron chi connectivity index (χ0n) is 16.8. The summed E-state index contributed by atoms with van der Waals surface area (Å²) >= 11 is 0. The molecule has 0 unspecified atom stereocenters. The van der Waals surface area contributed by atoms with Crippen LogP contribution >= 0.6 is 0 Å². The minimum Gasteiger partial charge on any atom is -0.497 e. The summed E-state index contributed by atoms with van der Waals surface area (Å²) < 4.78 is 22.3. The number of rotatable bonds is 12. The molecule has 0 aliphatic carbocycles. The fourth-order valence-corrected chi connectivity index (χ4v) is 2.58. The van der Waals surface area contributed by atoms with Crippen molar-refractivity contribution in [3.05, 3.63) is 48.0 Å². The molecule has 0 heterocycles. The molecule has 7 heteroatoms. The maximum Gasteiger partial charge on any atom is 0.234 e. The number of hydrogen-bond acceptors (Lipinski definition) is 6. The van der Waals surface area contributed by atoms with Gasteiger partial charge in [-0.3, -0.25) is 4.79 Å². The van der Waals surface area contributed by atoms with E-state index in [1.165, 1.54) is 0 Å². The van der Waals surface area contributed by atoms with Crippen molar-refractivity contribution in [3.63, 3.8) is 0 Å². The molecule has 0 saturated carbocycles. The van der Waals surface area contributed by atoms with Crippen molar-refractivity contribution in [1.29, 1.82) is 5.26 Å². The van der Waals surface area contributed by atoms with Crippen LogP contribution in [-0.4, -0.2) is 39.4 Å². The third-order valence-corrected chi connectivity index (χ3v) is 3.93. The topological polar surface area (TPSA) is 89.8 Å². The molecule has 0 fully saturated rings. The molecule has 7 nitrogen and oxygen atoms in total. The molecule has 154 valence electrons. The number of methoxy groups -OCH3 is 1. The van der Waals surface area contributed by atoms with Crippen LogP contribution in [0.5, 0.6) is 23.0 Å². The van der Waals surface area contributed by atoms with Gasteiger partial charge in [-0.1, -0.05) is 12.1 Å². The number of carbonyl (C=O) groups excluding carboxylic acids is 1. The lowest BCUT2D eigenvalue weighted by Crippen LogP contribution is -2.24. The Morgan fingerprint density at radius 3 is 2.59 bits per heavy atom. The van der Waals surface area contributed by atoms with Crippen LogP contribution in [0.3, 0.4) is 0 Å². The number of hydrogen-bond donors (Lipinski definition) is 1. The molecule has 0 aliphatic heterocycles. The van der Waals surface area contributed by atoms with Crippen LogP contribution in [0.4, 0.5) is 0 Å². The van der Waals surface area contributed by atoms with E-state index in [-0.39, 0.29) is 12.3 Å². The fourth-order valence-electron chi connectivity index (χ4n) is 2.58. The third kappa shape index (κ3) is 7.62. The number of carbonyl (C=O) groups is 1. The second-order valence-corrected chi connectivity index (χ2v) is 6.02. The van der Waals surface area contributed by atoms with Gasteiger partial charge in [0.25, 0.3) is 0 Å². The number of nitriles is 1. The molecule has 2 aromatic rings. The number of nitrogens with zero attached hydrogens (tertiary/aromatic N) is 1. The number of amides is 1. The molecule has 2 aromatic carbocycles. The second kappa shape index (κ2) is 12.1. The van der Waals surface area contributed by atoms with E-state index < -0.39 is 0 Å². The molecule has 0 aromatic heterocycles. The average Bonchev–Trinajstić information content (AvgIpc) is 2.73. The predicted molar refractivity (Wildman–Crippen MR) is 109 cm³/mol. The first kappa shape index (κ1) is 21.9. The lowest BCUT2D eigenvalue weighted by atomic mass is 10.1.